The van der Waals surface area contributed by atoms with Gasteiger partial charge in [0.1, 0.15) is 0 Å². The molecule has 134 valence electrons. The fourth-order valence-electron chi connectivity index (χ4n) is 2.88. The summed E-state index contributed by atoms with van der Waals surface area (Å²) in [6.07, 6.45) is 2.10. The molecule has 0 spiro atoms. The number of carbonyl (C=O) groups is 2. The highest BCUT2D eigenvalue weighted by Gasteiger charge is 2.23. The predicted octanol–water partition coefficient (Wildman–Crippen LogP) is 2.27. The van der Waals surface area contributed by atoms with Crippen LogP contribution in [0.25, 0.3) is 0 Å². The first-order chi connectivity index (χ1) is 11.0. The van der Waals surface area contributed by atoms with Crippen molar-refractivity contribution in [1.82, 2.24) is 15.1 Å². The molecule has 1 heterocycles. The van der Waals surface area contributed by atoms with Crippen LogP contribution in [-0.2, 0) is 0 Å². The predicted molar refractivity (Wildman–Crippen MR) is 98.9 cm³/mol. The number of likely N-dealkylation sites (tertiary alicyclic amines) is 1. The number of rotatable bonds is 5. The summed E-state index contributed by atoms with van der Waals surface area (Å²) in [6.45, 7) is 5.78. The maximum atomic E-state index is 12.6. The van der Waals surface area contributed by atoms with Gasteiger partial charge < -0.3 is 15.1 Å². The number of halogens is 1. The molecule has 0 atom stereocenters. The molecule has 0 saturated carbocycles. The Morgan fingerprint density at radius 3 is 2.17 bits per heavy atom. The average molecular weight is 354 g/mol. The highest BCUT2D eigenvalue weighted by Crippen LogP contribution is 2.19. The second-order valence-corrected chi connectivity index (χ2v) is 6.32. The minimum atomic E-state index is -0.0479. The van der Waals surface area contributed by atoms with Gasteiger partial charge in [-0.25, -0.2) is 0 Å². The Balaban J connectivity index is 0.00000288. The van der Waals surface area contributed by atoms with Gasteiger partial charge in [-0.2, -0.15) is 0 Å². The summed E-state index contributed by atoms with van der Waals surface area (Å²) in [5.74, 6) is 0.683. The molecule has 1 aliphatic rings. The number of hydrogen-bond acceptors (Lipinski definition) is 3. The third-order valence-electron chi connectivity index (χ3n) is 4.37. The molecule has 6 heteroatoms. The maximum Gasteiger partial charge on any atom is 0.253 e. The lowest BCUT2D eigenvalue weighted by Gasteiger charge is -2.32. The van der Waals surface area contributed by atoms with Gasteiger partial charge in [0.2, 0.25) is 0 Å². The van der Waals surface area contributed by atoms with E-state index in [2.05, 4.69) is 12.2 Å². The van der Waals surface area contributed by atoms with E-state index >= 15 is 0 Å². The topological polar surface area (TPSA) is 52.7 Å². The molecule has 1 aromatic rings. The van der Waals surface area contributed by atoms with Crippen molar-refractivity contribution in [2.45, 2.75) is 19.8 Å². The fourth-order valence-corrected chi connectivity index (χ4v) is 2.88. The zero-order valence-corrected chi connectivity index (χ0v) is 15.6. The van der Waals surface area contributed by atoms with Crippen molar-refractivity contribution >= 4 is 24.2 Å². The molecule has 1 aliphatic heterocycles. The number of hydrogen-bond donors (Lipinski definition) is 1. The number of benzene rings is 1. The van der Waals surface area contributed by atoms with Crippen LogP contribution in [0.15, 0.2) is 24.3 Å². The lowest BCUT2D eigenvalue weighted by Crippen LogP contribution is -2.40. The first-order valence-corrected chi connectivity index (χ1v) is 8.34. The number of amides is 2. The van der Waals surface area contributed by atoms with Crippen molar-refractivity contribution in [3.63, 3.8) is 0 Å². The molecular formula is C18H28ClN3O2. The highest BCUT2D eigenvalue weighted by molar-refractivity contribution is 5.97. The van der Waals surface area contributed by atoms with E-state index in [4.69, 9.17) is 0 Å². The molecule has 1 saturated heterocycles. The van der Waals surface area contributed by atoms with Crippen molar-refractivity contribution in [2.24, 2.45) is 5.92 Å². The van der Waals surface area contributed by atoms with Crippen LogP contribution in [0.1, 0.15) is 40.5 Å². The molecule has 1 N–H and O–H groups in total. The van der Waals surface area contributed by atoms with Gasteiger partial charge in [0.25, 0.3) is 11.8 Å². The van der Waals surface area contributed by atoms with Gasteiger partial charge in [0, 0.05) is 38.3 Å². The summed E-state index contributed by atoms with van der Waals surface area (Å²) < 4.78 is 0. The highest BCUT2D eigenvalue weighted by atomic mass is 35.5. The van der Waals surface area contributed by atoms with Gasteiger partial charge >= 0.3 is 0 Å². The Kier molecular flexibility index (Phi) is 8.22. The van der Waals surface area contributed by atoms with E-state index in [1.54, 1.807) is 38.4 Å². The monoisotopic (exact) mass is 353 g/mol. The molecule has 1 fully saturated rings. The average Bonchev–Trinajstić information content (AvgIpc) is 2.59. The van der Waals surface area contributed by atoms with Crippen LogP contribution in [0, 0.1) is 5.92 Å². The van der Waals surface area contributed by atoms with Crippen LogP contribution in [0.4, 0.5) is 0 Å². The van der Waals surface area contributed by atoms with Gasteiger partial charge in [0.15, 0.2) is 0 Å². The van der Waals surface area contributed by atoms with Crippen molar-refractivity contribution in [2.75, 3.05) is 40.3 Å². The van der Waals surface area contributed by atoms with Gasteiger partial charge in [0.05, 0.1) is 0 Å². The molecule has 5 nitrogen and oxygen atoms in total. The maximum absolute atomic E-state index is 12.6. The first-order valence-electron chi connectivity index (χ1n) is 8.34. The Morgan fingerprint density at radius 1 is 1.12 bits per heavy atom. The number of carbonyl (C=O) groups excluding carboxylic acids is 2. The standard InChI is InChI=1S/C18H27N3O2.ClH/c1-4-19-13-14-9-11-21(12-10-14)18(23)16-7-5-15(6-8-16)17(22)20(2)3;/h5-8,14,19H,4,9-13H2,1-3H3;1H. The van der Waals surface area contributed by atoms with Gasteiger partial charge in [-0.05, 0) is 56.1 Å². The van der Waals surface area contributed by atoms with Crippen LogP contribution in [-0.4, -0.2) is 61.9 Å². The third-order valence-corrected chi connectivity index (χ3v) is 4.37. The van der Waals surface area contributed by atoms with E-state index in [1.807, 2.05) is 4.90 Å². The second kappa shape index (κ2) is 9.64. The van der Waals surface area contributed by atoms with E-state index in [0.717, 1.165) is 39.0 Å². The number of nitrogens with one attached hydrogen (secondary N) is 1. The van der Waals surface area contributed by atoms with E-state index in [-0.39, 0.29) is 24.2 Å². The van der Waals surface area contributed by atoms with Crippen molar-refractivity contribution in [3.8, 4) is 0 Å². The molecule has 0 bridgehead atoms. The minimum Gasteiger partial charge on any atom is -0.345 e. The Morgan fingerprint density at radius 2 is 1.67 bits per heavy atom. The lowest BCUT2D eigenvalue weighted by molar-refractivity contribution is 0.0689. The van der Waals surface area contributed by atoms with Crippen LogP contribution in [0.3, 0.4) is 0 Å². The fraction of sp³-hybridized carbons (Fsp3) is 0.556. The molecule has 0 aromatic heterocycles. The molecule has 1 aromatic carbocycles. The van der Waals surface area contributed by atoms with Crippen molar-refractivity contribution < 1.29 is 9.59 Å². The quantitative estimate of drug-likeness (QED) is 0.883. The number of piperidine rings is 1. The molecule has 0 unspecified atom stereocenters. The first kappa shape index (κ1) is 20.5. The Labute approximate surface area is 150 Å². The van der Waals surface area contributed by atoms with Gasteiger partial charge in [-0.3, -0.25) is 9.59 Å². The van der Waals surface area contributed by atoms with E-state index in [9.17, 15) is 9.59 Å². The molecular weight excluding hydrogens is 326 g/mol. The van der Waals surface area contributed by atoms with Crippen molar-refractivity contribution in [3.05, 3.63) is 35.4 Å². The minimum absolute atomic E-state index is 0. The molecule has 0 radical (unpaired) electrons. The zero-order valence-electron chi connectivity index (χ0n) is 14.7. The van der Waals surface area contributed by atoms with E-state index in [0.29, 0.717) is 17.0 Å². The molecule has 2 rings (SSSR count). The van der Waals surface area contributed by atoms with Gasteiger partial charge in [-0.1, -0.05) is 6.92 Å². The third kappa shape index (κ3) is 5.21. The van der Waals surface area contributed by atoms with Crippen LogP contribution in [0.5, 0.6) is 0 Å². The summed E-state index contributed by atoms with van der Waals surface area (Å²) in [5.41, 5.74) is 1.27. The van der Waals surface area contributed by atoms with Gasteiger partial charge in [-0.15, -0.1) is 12.4 Å². The van der Waals surface area contributed by atoms with E-state index < -0.39 is 0 Å². The molecule has 24 heavy (non-hydrogen) atoms. The Bertz CT molecular complexity index is 538. The SMILES string of the molecule is CCNCC1CCN(C(=O)c2ccc(C(=O)N(C)C)cc2)CC1.Cl. The summed E-state index contributed by atoms with van der Waals surface area (Å²) >= 11 is 0. The van der Waals surface area contributed by atoms with E-state index in [1.165, 1.54) is 4.90 Å². The summed E-state index contributed by atoms with van der Waals surface area (Å²) in [6, 6.07) is 6.97. The van der Waals surface area contributed by atoms with Crippen LogP contribution >= 0.6 is 12.4 Å². The zero-order chi connectivity index (χ0) is 16.8. The molecule has 0 aliphatic carbocycles. The van der Waals surface area contributed by atoms with Crippen LogP contribution in [0.2, 0.25) is 0 Å². The summed E-state index contributed by atoms with van der Waals surface area (Å²) in [7, 11) is 3.44. The smallest absolute Gasteiger partial charge is 0.253 e. The summed E-state index contributed by atoms with van der Waals surface area (Å²) in [5, 5.41) is 3.38. The van der Waals surface area contributed by atoms with Crippen LogP contribution < -0.4 is 5.32 Å². The Hall–Kier alpha value is -1.59. The lowest BCUT2D eigenvalue weighted by atomic mass is 9.96. The largest absolute Gasteiger partial charge is 0.345 e. The summed E-state index contributed by atoms with van der Waals surface area (Å²) in [4.78, 5) is 27.9. The van der Waals surface area contributed by atoms with Crippen molar-refractivity contribution in [1.29, 1.82) is 0 Å². The second-order valence-electron chi connectivity index (χ2n) is 6.32. The number of nitrogens with zero attached hydrogens (tertiary/aromatic N) is 2. The molecule has 2 amide bonds. The normalized spacial score (nSPS) is 14.9.